The third-order valence-corrected chi connectivity index (χ3v) is 7.46. The van der Waals surface area contributed by atoms with Crippen LogP contribution in [0.25, 0.3) is 0 Å². The summed E-state index contributed by atoms with van der Waals surface area (Å²) in [5, 5.41) is 0. The van der Waals surface area contributed by atoms with Crippen molar-refractivity contribution < 1.29 is 12.1 Å². The molecule has 0 bridgehead atoms. The minimum absolute atomic E-state index is 0.154. The summed E-state index contributed by atoms with van der Waals surface area (Å²) < 4.78 is 2.03. The van der Waals surface area contributed by atoms with Crippen LogP contribution in [-0.2, 0) is 24.9 Å². The van der Waals surface area contributed by atoms with Crippen molar-refractivity contribution in [2.24, 2.45) is 11.5 Å². The van der Waals surface area contributed by atoms with Crippen LogP contribution in [-0.4, -0.2) is 17.0 Å². The number of hydrogen-bond acceptors (Lipinski definition) is 3. The van der Waals surface area contributed by atoms with E-state index in [2.05, 4.69) is 64.1 Å². The molecule has 0 radical (unpaired) electrons. The van der Waals surface area contributed by atoms with Crippen molar-refractivity contribution in [3.05, 3.63) is 69.8 Å². The molecule has 0 aliphatic carbocycles. The number of rotatable bonds is 9. The van der Waals surface area contributed by atoms with E-state index < -0.39 is 12.1 Å². The van der Waals surface area contributed by atoms with Crippen molar-refractivity contribution >= 4 is 20.3 Å². The molecule has 0 amide bonds. The Balaban J connectivity index is 2.24. The van der Waals surface area contributed by atoms with Gasteiger partial charge in [0.2, 0.25) is 0 Å². The van der Waals surface area contributed by atoms with E-state index >= 15 is 0 Å². The van der Waals surface area contributed by atoms with E-state index in [0.717, 1.165) is 18.4 Å². The van der Waals surface area contributed by atoms with Crippen LogP contribution in [0, 0.1) is 13.8 Å². The Kier molecular flexibility index (Phi) is 9.28. The third kappa shape index (κ3) is 5.73. The molecule has 6 heteroatoms. The maximum atomic E-state index is 6.67. The average molecular weight is 468 g/mol. The summed E-state index contributed by atoms with van der Waals surface area (Å²) in [5.74, 6) is 0. The summed E-state index contributed by atoms with van der Waals surface area (Å²) >= 11 is -1.31. The normalized spacial score (nSPS) is 14.2. The zero-order valence-electron chi connectivity index (χ0n) is 17.1. The van der Waals surface area contributed by atoms with Crippen molar-refractivity contribution in [3.8, 4) is 0 Å². The monoisotopic (exact) mass is 467 g/mol. The Morgan fingerprint density at radius 2 is 1.25 bits per heavy atom. The summed E-state index contributed by atoms with van der Waals surface area (Å²) in [7, 11) is 12.8. The molecule has 2 aromatic rings. The van der Waals surface area contributed by atoms with Crippen LogP contribution in [0.1, 0.15) is 59.3 Å². The average Bonchev–Trinajstić information content (AvgIpc) is 2.66. The van der Waals surface area contributed by atoms with Gasteiger partial charge in [0.1, 0.15) is 0 Å². The standard InChI is InChI=1S/C22H32N3.2ClH.Co/c1-5-17-11-8-12-18(6-2)22(17)20(24)14-25-13-19(23)21-15(3)9-7-10-16(21)4;;;/h7-12,19-20H,5-6,13-14,23-24H2,1-4H3;2*1H;/q-1;;;+3/p-2. The molecule has 4 N–H and O–H groups in total. The van der Waals surface area contributed by atoms with E-state index in [1.54, 1.807) is 0 Å². The Hall–Kier alpha value is -0.594. The van der Waals surface area contributed by atoms with Crippen LogP contribution in [0.5, 0.6) is 0 Å². The van der Waals surface area contributed by atoms with Crippen LogP contribution in [0.2, 0.25) is 0 Å². The fraction of sp³-hybridized carbons (Fsp3) is 0.455. The van der Waals surface area contributed by atoms with E-state index in [9.17, 15) is 0 Å². The second kappa shape index (κ2) is 11.0. The van der Waals surface area contributed by atoms with Gasteiger partial charge >= 0.3 is 183 Å². The van der Waals surface area contributed by atoms with Crippen molar-refractivity contribution in [1.82, 2.24) is 3.95 Å². The molecule has 158 valence electrons. The molecule has 3 nitrogen and oxygen atoms in total. The Morgan fingerprint density at radius 1 is 0.821 bits per heavy atom. The van der Waals surface area contributed by atoms with Gasteiger partial charge in [-0.05, 0) is 0 Å². The second-order valence-electron chi connectivity index (χ2n) is 7.18. The molecule has 28 heavy (non-hydrogen) atoms. The molecular weight excluding hydrogens is 436 g/mol. The first-order valence-electron chi connectivity index (χ1n) is 9.70. The van der Waals surface area contributed by atoms with Gasteiger partial charge < -0.3 is 0 Å². The summed E-state index contributed by atoms with van der Waals surface area (Å²) in [5.41, 5.74) is 20.6. The van der Waals surface area contributed by atoms with Crippen molar-refractivity contribution in [2.45, 2.75) is 52.6 Å². The number of nitrogens with zero attached hydrogens (tertiary/aromatic N) is 1. The molecule has 0 aliphatic heterocycles. The van der Waals surface area contributed by atoms with Gasteiger partial charge in [-0.1, -0.05) is 0 Å². The zero-order chi connectivity index (χ0) is 20.8. The third-order valence-electron chi connectivity index (χ3n) is 5.26. The topological polar surface area (TPSA) is 55.3 Å². The summed E-state index contributed by atoms with van der Waals surface area (Å²) in [6.07, 6.45) is 1.91. The molecule has 2 atom stereocenters. The van der Waals surface area contributed by atoms with Crippen molar-refractivity contribution in [1.29, 1.82) is 0 Å². The molecule has 2 aromatic carbocycles. The first-order valence-corrected chi connectivity index (χ1v) is 13.0. The zero-order valence-corrected chi connectivity index (χ0v) is 19.7. The molecule has 2 unspecified atom stereocenters. The van der Waals surface area contributed by atoms with Gasteiger partial charge in [-0.25, -0.2) is 0 Å². The van der Waals surface area contributed by atoms with E-state index in [1.165, 1.54) is 27.8 Å². The number of hydrogen-bond donors (Lipinski definition) is 2. The molecular formula is C22H32Cl2CoN3. The molecule has 0 aromatic heterocycles. The second-order valence-corrected chi connectivity index (χ2v) is 10.8. The van der Waals surface area contributed by atoms with E-state index in [4.69, 9.17) is 31.8 Å². The van der Waals surface area contributed by atoms with Gasteiger partial charge in [-0.15, -0.1) is 0 Å². The quantitative estimate of drug-likeness (QED) is 0.527. The van der Waals surface area contributed by atoms with Crippen molar-refractivity contribution in [2.75, 3.05) is 13.1 Å². The van der Waals surface area contributed by atoms with Crippen LogP contribution < -0.4 is 11.5 Å². The van der Waals surface area contributed by atoms with Crippen molar-refractivity contribution in [3.63, 3.8) is 0 Å². The van der Waals surface area contributed by atoms with E-state index in [0.29, 0.717) is 13.1 Å². The Bertz CT molecular complexity index is 740. The molecule has 0 aliphatic rings. The van der Waals surface area contributed by atoms with Crippen LogP contribution in [0.15, 0.2) is 36.4 Å². The number of halogens is 2. The molecule has 2 rings (SSSR count). The fourth-order valence-corrected chi connectivity index (χ4v) is 5.39. The molecule has 0 saturated carbocycles. The van der Waals surface area contributed by atoms with Crippen LogP contribution >= 0.6 is 20.3 Å². The summed E-state index contributed by atoms with van der Waals surface area (Å²) in [4.78, 5) is 0. The van der Waals surface area contributed by atoms with Gasteiger partial charge in [-0.3, -0.25) is 0 Å². The maximum absolute atomic E-state index is 6.67. The van der Waals surface area contributed by atoms with Crippen LogP contribution in [0.4, 0.5) is 0 Å². The van der Waals surface area contributed by atoms with Gasteiger partial charge in [0.25, 0.3) is 0 Å². The molecule has 0 saturated heterocycles. The molecule has 0 fully saturated rings. The number of benzene rings is 2. The number of nitrogens with two attached hydrogens (primary N) is 2. The van der Waals surface area contributed by atoms with Gasteiger partial charge in [0.05, 0.1) is 0 Å². The van der Waals surface area contributed by atoms with E-state index in [-0.39, 0.29) is 12.1 Å². The summed E-state index contributed by atoms with van der Waals surface area (Å²) in [6, 6.07) is 12.3. The Labute approximate surface area is 182 Å². The predicted octanol–water partition coefficient (Wildman–Crippen LogP) is 5.27. The van der Waals surface area contributed by atoms with Gasteiger partial charge in [0.15, 0.2) is 0 Å². The van der Waals surface area contributed by atoms with Gasteiger partial charge in [0, 0.05) is 0 Å². The molecule has 0 heterocycles. The van der Waals surface area contributed by atoms with Gasteiger partial charge in [-0.2, -0.15) is 0 Å². The predicted molar refractivity (Wildman–Crippen MR) is 118 cm³/mol. The van der Waals surface area contributed by atoms with E-state index in [1.807, 2.05) is 3.95 Å². The fourth-order valence-electron chi connectivity index (χ4n) is 3.93. The Morgan fingerprint density at radius 3 is 1.68 bits per heavy atom. The number of aryl methyl sites for hydroxylation is 4. The minimum atomic E-state index is -1.31. The first kappa shape index (κ1) is 23.7. The SMILES string of the molecule is CCc1cccc(CC)c1C(N)C[N](CC(N)c1c(C)cccc1C)[Co]([Cl])[Cl]. The van der Waals surface area contributed by atoms with Crippen LogP contribution in [0.3, 0.4) is 0 Å². The molecule has 0 spiro atoms. The first-order chi connectivity index (χ1) is 13.3. The summed E-state index contributed by atoms with van der Waals surface area (Å²) in [6.45, 7) is 9.67.